The maximum absolute atomic E-state index is 3.59. The van der Waals surface area contributed by atoms with Gasteiger partial charge in [0.25, 0.3) is 0 Å². The van der Waals surface area contributed by atoms with Gasteiger partial charge < -0.3 is 5.32 Å². The van der Waals surface area contributed by atoms with E-state index in [-0.39, 0.29) is 0 Å². The number of nitrogens with one attached hydrogen (secondary N) is 1. The van der Waals surface area contributed by atoms with Crippen molar-refractivity contribution in [2.75, 3.05) is 12.3 Å². The summed E-state index contributed by atoms with van der Waals surface area (Å²) >= 11 is 1.99. The van der Waals surface area contributed by atoms with Crippen LogP contribution in [-0.2, 0) is 0 Å². The predicted octanol–water partition coefficient (Wildman–Crippen LogP) is 3.48. The van der Waals surface area contributed by atoms with E-state index < -0.39 is 0 Å². The molecule has 0 heterocycles. The van der Waals surface area contributed by atoms with Crippen LogP contribution in [0.3, 0.4) is 0 Å². The molecular formula is C14H21NS. The third-order valence-corrected chi connectivity index (χ3v) is 4.45. The summed E-state index contributed by atoms with van der Waals surface area (Å²) in [5.74, 6) is 1.97. The van der Waals surface area contributed by atoms with Crippen LogP contribution in [0, 0.1) is 12.8 Å². The molecule has 1 fully saturated rings. The summed E-state index contributed by atoms with van der Waals surface area (Å²) in [5, 5.41) is 3.59. The van der Waals surface area contributed by atoms with E-state index in [1.165, 1.54) is 35.6 Å². The maximum atomic E-state index is 3.59. The molecule has 0 amide bonds. The number of rotatable bonds is 6. The molecule has 0 aromatic heterocycles. The highest BCUT2D eigenvalue weighted by Crippen LogP contribution is 2.24. The Balaban J connectivity index is 1.71. The second-order valence-electron chi connectivity index (χ2n) is 4.86. The van der Waals surface area contributed by atoms with Crippen molar-refractivity contribution in [3.05, 3.63) is 29.8 Å². The minimum absolute atomic E-state index is 0.755. The van der Waals surface area contributed by atoms with Crippen LogP contribution in [0.25, 0.3) is 0 Å². The van der Waals surface area contributed by atoms with Crippen molar-refractivity contribution in [2.24, 2.45) is 5.92 Å². The molecule has 1 aliphatic rings. The van der Waals surface area contributed by atoms with E-state index in [0.29, 0.717) is 0 Å². The summed E-state index contributed by atoms with van der Waals surface area (Å²) < 4.78 is 0. The van der Waals surface area contributed by atoms with Crippen LogP contribution in [0.2, 0.25) is 0 Å². The number of hydrogen-bond acceptors (Lipinski definition) is 2. The van der Waals surface area contributed by atoms with Gasteiger partial charge in [0, 0.05) is 16.7 Å². The largest absolute Gasteiger partial charge is 0.314 e. The van der Waals surface area contributed by atoms with Crippen molar-refractivity contribution >= 4 is 11.8 Å². The van der Waals surface area contributed by atoms with Crippen molar-refractivity contribution in [3.63, 3.8) is 0 Å². The van der Waals surface area contributed by atoms with Gasteiger partial charge in [-0.3, -0.25) is 0 Å². The molecule has 1 N–H and O–H groups in total. The van der Waals surface area contributed by atoms with Gasteiger partial charge in [0.05, 0.1) is 0 Å². The highest BCUT2D eigenvalue weighted by atomic mass is 32.2. The van der Waals surface area contributed by atoms with Crippen LogP contribution in [0.1, 0.15) is 25.3 Å². The highest BCUT2D eigenvalue weighted by molar-refractivity contribution is 7.99. The second kappa shape index (κ2) is 5.74. The fourth-order valence-corrected chi connectivity index (χ4v) is 2.72. The molecule has 1 nitrogen and oxygen atoms in total. The minimum Gasteiger partial charge on any atom is -0.314 e. The molecule has 0 spiro atoms. The van der Waals surface area contributed by atoms with Crippen molar-refractivity contribution in [1.29, 1.82) is 0 Å². The highest BCUT2D eigenvalue weighted by Gasteiger charge is 2.20. The average Bonchev–Trinajstić information content (AvgIpc) is 3.09. The summed E-state index contributed by atoms with van der Waals surface area (Å²) in [6, 6.07) is 9.49. The predicted molar refractivity (Wildman–Crippen MR) is 72.1 cm³/mol. The molecule has 88 valence electrons. The Kier molecular flexibility index (Phi) is 4.30. The van der Waals surface area contributed by atoms with Crippen LogP contribution in [-0.4, -0.2) is 18.3 Å². The quantitative estimate of drug-likeness (QED) is 0.758. The first-order chi connectivity index (χ1) is 7.75. The SMILES string of the molecule is Cc1ccccc1SCC(C)CNC1CC1. The first kappa shape index (κ1) is 12.0. The van der Waals surface area contributed by atoms with E-state index >= 15 is 0 Å². The van der Waals surface area contributed by atoms with E-state index in [0.717, 1.165) is 12.0 Å². The summed E-state index contributed by atoms with van der Waals surface area (Å²) in [5.41, 5.74) is 1.40. The zero-order chi connectivity index (χ0) is 11.4. The van der Waals surface area contributed by atoms with E-state index in [1.54, 1.807) is 0 Å². The van der Waals surface area contributed by atoms with Crippen LogP contribution in [0.15, 0.2) is 29.2 Å². The third-order valence-electron chi connectivity index (χ3n) is 2.95. The summed E-state index contributed by atoms with van der Waals surface area (Å²) in [6.45, 7) is 5.69. The lowest BCUT2D eigenvalue weighted by Gasteiger charge is -2.12. The van der Waals surface area contributed by atoms with Gasteiger partial charge in [-0.25, -0.2) is 0 Å². The van der Waals surface area contributed by atoms with Crippen LogP contribution >= 0.6 is 11.8 Å². The monoisotopic (exact) mass is 235 g/mol. The lowest BCUT2D eigenvalue weighted by molar-refractivity contribution is 0.556. The molecule has 1 saturated carbocycles. The van der Waals surface area contributed by atoms with Gasteiger partial charge in [0.2, 0.25) is 0 Å². The Morgan fingerprint density at radius 3 is 2.81 bits per heavy atom. The number of benzene rings is 1. The first-order valence-corrected chi connectivity index (χ1v) is 7.16. The normalized spacial score (nSPS) is 17.4. The van der Waals surface area contributed by atoms with Gasteiger partial charge in [-0.2, -0.15) is 0 Å². The van der Waals surface area contributed by atoms with Gasteiger partial charge in [-0.15, -0.1) is 11.8 Å². The van der Waals surface area contributed by atoms with Gasteiger partial charge in [-0.05, 0) is 43.9 Å². The second-order valence-corrected chi connectivity index (χ2v) is 5.93. The molecule has 1 aromatic carbocycles. The molecule has 2 rings (SSSR count). The van der Waals surface area contributed by atoms with Crippen LogP contribution in [0.5, 0.6) is 0 Å². The van der Waals surface area contributed by atoms with Crippen molar-refractivity contribution in [2.45, 2.75) is 37.6 Å². The molecule has 16 heavy (non-hydrogen) atoms. The molecule has 0 aliphatic heterocycles. The zero-order valence-electron chi connectivity index (χ0n) is 10.2. The molecule has 1 atom stereocenters. The molecule has 1 unspecified atom stereocenters. The summed E-state index contributed by atoms with van der Waals surface area (Å²) in [7, 11) is 0. The molecule has 0 bridgehead atoms. The number of thioether (sulfide) groups is 1. The van der Waals surface area contributed by atoms with Crippen molar-refractivity contribution in [1.82, 2.24) is 5.32 Å². The maximum Gasteiger partial charge on any atom is 0.0101 e. The summed E-state index contributed by atoms with van der Waals surface area (Å²) in [4.78, 5) is 1.43. The van der Waals surface area contributed by atoms with Gasteiger partial charge in [-0.1, -0.05) is 25.1 Å². The minimum atomic E-state index is 0.755. The smallest absolute Gasteiger partial charge is 0.0101 e. The topological polar surface area (TPSA) is 12.0 Å². The van der Waals surface area contributed by atoms with Gasteiger partial charge in [0.15, 0.2) is 0 Å². The van der Waals surface area contributed by atoms with E-state index in [9.17, 15) is 0 Å². The Labute approximate surface area is 103 Å². The zero-order valence-corrected chi connectivity index (χ0v) is 11.0. The Hall–Kier alpha value is -0.470. The van der Waals surface area contributed by atoms with Gasteiger partial charge >= 0.3 is 0 Å². The number of hydrogen-bond donors (Lipinski definition) is 1. The van der Waals surface area contributed by atoms with Crippen molar-refractivity contribution in [3.8, 4) is 0 Å². The fourth-order valence-electron chi connectivity index (χ4n) is 1.66. The Bertz CT molecular complexity index is 333. The fraction of sp³-hybridized carbons (Fsp3) is 0.571. The first-order valence-electron chi connectivity index (χ1n) is 6.17. The molecular weight excluding hydrogens is 214 g/mol. The molecule has 2 heteroatoms. The van der Waals surface area contributed by atoms with Gasteiger partial charge in [0.1, 0.15) is 0 Å². The lowest BCUT2D eigenvalue weighted by Crippen LogP contribution is -2.24. The van der Waals surface area contributed by atoms with E-state index in [1.807, 2.05) is 11.8 Å². The molecule has 0 saturated heterocycles. The molecule has 1 aliphatic carbocycles. The lowest BCUT2D eigenvalue weighted by atomic mass is 10.2. The van der Waals surface area contributed by atoms with Crippen molar-refractivity contribution < 1.29 is 0 Å². The van der Waals surface area contributed by atoms with Crippen LogP contribution < -0.4 is 5.32 Å². The number of aryl methyl sites for hydroxylation is 1. The average molecular weight is 235 g/mol. The standard InChI is InChI=1S/C14H21NS/c1-11(9-15-13-7-8-13)10-16-14-6-4-3-5-12(14)2/h3-6,11,13,15H,7-10H2,1-2H3. The third kappa shape index (κ3) is 3.84. The molecule has 1 aromatic rings. The van der Waals surface area contributed by atoms with E-state index in [4.69, 9.17) is 0 Å². The molecule has 0 radical (unpaired) electrons. The van der Waals surface area contributed by atoms with E-state index in [2.05, 4.69) is 43.4 Å². The summed E-state index contributed by atoms with van der Waals surface area (Å²) in [6.07, 6.45) is 2.77. The van der Waals surface area contributed by atoms with Crippen LogP contribution in [0.4, 0.5) is 0 Å². The Morgan fingerprint density at radius 1 is 1.38 bits per heavy atom. The Morgan fingerprint density at radius 2 is 2.12 bits per heavy atom.